The SMILES string of the molecule is C=CC(C/C(CCc1ccccc1)=N/OC(=O)c1c(F)c(F)c(F)c(F)c1F)OC. The number of oxime groups is 1. The summed E-state index contributed by atoms with van der Waals surface area (Å²) in [6.07, 6.45) is 1.89. The molecule has 160 valence electrons. The van der Waals surface area contributed by atoms with E-state index in [-0.39, 0.29) is 18.6 Å². The van der Waals surface area contributed by atoms with E-state index in [0.29, 0.717) is 6.42 Å². The van der Waals surface area contributed by atoms with Crippen molar-refractivity contribution < 1.29 is 36.3 Å². The lowest BCUT2D eigenvalue weighted by Crippen LogP contribution is -2.17. The fraction of sp³-hybridized carbons (Fsp3) is 0.238. The molecule has 0 aliphatic rings. The van der Waals surface area contributed by atoms with E-state index in [0.717, 1.165) is 5.56 Å². The first-order chi connectivity index (χ1) is 14.3. The third-order valence-electron chi connectivity index (χ3n) is 4.22. The predicted octanol–water partition coefficient (Wildman–Crippen LogP) is 5.12. The number of ether oxygens (including phenoxy) is 1. The van der Waals surface area contributed by atoms with Crippen molar-refractivity contribution in [1.82, 2.24) is 0 Å². The molecule has 0 amide bonds. The fourth-order valence-electron chi connectivity index (χ4n) is 2.55. The molecule has 0 aliphatic carbocycles. The average molecular weight is 427 g/mol. The molecule has 0 bridgehead atoms. The molecular weight excluding hydrogens is 409 g/mol. The maximum absolute atomic E-state index is 13.8. The summed E-state index contributed by atoms with van der Waals surface area (Å²) >= 11 is 0. The van der Waals surface area contributed by atoms with Gasteiger partial charge < -0.3 is 9.57 Å². The Balaban J connectivity index is 2.25. The zero-order valence-corrected chi connectivity index (χ0v) is 15.9. The molecule has 0 aromatic heterocycles. The van der Waals surface area contributed by atoms with Gasteiger partial charge in [-0.2, -0.15) is 0 Å². The summed E-state index contributed by atoms with van der Waals surface area (Å²) < 4.78 is 72.4. The Labute approximate surface area is 169 Å². The van der Waals surface area contributed by atoms with Gasteiger partial charge in [0.1, 0.15) is 5.56 Å². The number of hydrogen-bond acceptors (Lipinski definition) is 4. The minimum absolute atomic E-state index is 0.136. The summed E-state index contributed by atoms with van der Waals surface area (Å²) in [7, 11) is 1.42. The lowest BCUT2D eigenvalue weighted by Gasteiger charge is -2.12. The Morgan fingerprint density at radius 3 is 2.13 bits per heavy atom. The van der Waals surface area contributed by atoms with E-state index >= 15 is 0 Å². The van der Waals surface area contributed by atoms with Crippen molar-refractivity contribution >= 4 is 11.7 Å². The first kappa shape index (κ1) is 23.2. The van der Waals surface area contributed by atoms with E-state index < -0.39 is 46.7 Å². The predicted molar refractivity (Wildman–Crippen MR) is 99.5 cm³/mol. The van der Waals surface area contributed by atoms with Crippen molar-refractivity contribution in [3.63, 3.8) is 0 Å². The average Bonchev–Trinajstić information content (AvgIpc) is 2.76. The lowest BCUT2D eigenvalue weighted by atomic mass is 10.0. The van der Waals surface area contributed by atoms with Crippen LogP contribution in [0.1, 0.15) is 28.8 Å². The van der Waals surface area contributed by atoms with Crippen molar-refractivity contribution in [2.45, 2.75) is 25.4 Å². The van der Waals surface area contributed by atoms with Crippen LogP contribution >= 0.6 is 0 Å². The first-order valence-electron chi connectivity index (χ1n) is 8.77. The molecule has 0 saturated carbocycles. The Hall–Kier alpha value is -3.07. The maximum Gasteiger partial charge on any atom is 0.371 e. The first-order valence-corrected chi connectivity index (χ1v) is 8.77. The van der Waals surface area contributed by atoms with Crippen LogP contribution in [0.4, 0.5) is 22.0 Å². The standard InChI is InChI=1S/C21H18F5NO3/c1-3-14(29-2)11-13(10-9-12-7-5-4-6-8-12)27-30-21(28)15-16(22)18(24)20(26)19(25)17(15)23/h3-8,14H,1,9-11H2,2H3/b27-13+. The van der Waals surface area contributed by atoms with E-state index in [4.69, 9.17) is 4.74 Å². The number of benzene rings is 2. The van der Waals surface area contributed by atoms with E-state index in [1.54, 1.807) is 0 Å². The van der Waals surface area contributed by atoms with Gasteiger partial charge in [-0.05, 0) is 18.4 Å². The van der Waals surface area contributed by atoms with Gasteiger partial charge in [0, 0.05) is 13.5 Å². The van der Waals surface area contributed by atoms with E-state index in [1.165, 1.54) is 13.2 Å². The molecule has 2 rings (SSSR count). The third-order valence-corrected chi connectivity index (χ3v) is 4.22. The molecule has 0 radical (unpaired) electrons. The highest BCUT2D eigenvalue weighted by atomic mass is 19.2. The normalized spacial score (nSPS) is 12.5. The molecule has 0 N–H and O–H groups in total. The molecule has 0 saturated heterocycles. The molecule has 1 atom stereocenters. The molecule has 2 aromatic rings. The largest absolute Gasteiger partial charge is 0.377 e. The van der Waals surface area contributed by atoms with Crippen LogP contribution in [0.3, 0.4) is 0 Å². The molecule has 9 heteroatoms. The van der Waals surface area contributed by atoms with Crippen LogP contribution in [-0.4, -0.2) is 24.9 Å². The Morgan fingerprint density at radius 1 is 1.03 bits per heavy atom. The number of hydrogen-bond donors (Lipinski definition) is 0. The van der Waals surface area contributed by atoms with Gasteiger partial charge >= 0.3 is 5.97 Å². The molecule has 1 unspecified atom stereocenters. The van der Waals surface area contributed by atoms with Crippen LogP contribution < -0.4 is 0 Å². The zero-order chi connectivity index (χ0) is 22.3. The smallest absolute Gasteiger partial charge is 0.371 e. The number of methoxy groups -OCH3 is 1. The summed E-state index contributed by atoms with van der Waals surface area (Å²) in [5.74, 6) is -13.3. The number of rotatable bonds is 9. The van der Waals surface area contributed by atoms with Gasteiger partial charge in [0.25, 0.3) is 0 Å². The molecule has 0 spiro atoms. The monoisotopic (exact) mass is 427 g/mol. The third kappa shape index (κ3) is 5.50. The molecule has 0 heterocycles. The van der Waals surface area contributed by atoms with Crippen LogP contribution in [-0.2, 0) is 16.0 Å². The highest BCUT2D eigenvalue weighted by Gasteiger charge is 2.31. The highest BCUT2D eigenvalue weighted by molar-refractivity contribution is 5.91. The summed E-state index contributed by atoms with van der Waals surface area (Å²) in [4.78, 5) is 16.5. The van der Waals surface area contributed by atoms with Gasteiger partial charge in [-0.3, -0.25) is 0 Å². The van der Waals surface area contributed by atoms with Crippen molar-refractivity contribution in [1.29, 1.82) is 0 Å². The highest BCUT2D eigenvalue weighted by Crippen LogP contribution is 2.24. The van der Waals surface area contributed by atoms with Crippen LogP contribution in [0.5, 0.6) is 0 Å². The van der Waals surface area contributed by atoms with Gasteiger partial charge in [0.2, 0.25) is 5.82 Å². The quantitative estimate of drug-likeness (QED) is 0.106. The zero-order valence-electron chi connectivity index (χ0n) is 15.9. The second-order valence-electron chi connectivity index (χ2n) is 6.18. The van der Waals surface area contributed by atoms with Gasteiger partial charge in [0.15, 0.2) is 23.3 Å². The lowest BCUT2D eigenvalue weighted by molar-refractivity contribution is 0.0496. The fourth-order valence-corrected chi connectivity index (χ4v) is 2.55. The van der Waals surface area contributed by atoms with Crippen molar-refractivity contribution in [2.24, 2.45) is 5.16 Å². The maximum atomic E-state index is 13.8. The van der Waals surface area contributed by atoms with Crippen LogP contribution in [0, 0.1) is 29.1 Å². The van der Waals surface area contributed by atoms with Crippen LogP contribution in [0.15, 0.2) is 48.1 Å². The Morgan fingerprint density at radius 2 is 1.60 bits per heavy atom. The number of nitrogens with zero attached hydrogens (tertiary/aromatic N) is 1. The number of carbonyl (C=O) groups excluding carboxylic acids is 1. The second-order valence-corrected chi connectivity index (χ2v) is 6.18. The van der Waals surface area contributed by atoms with Gasteiger partial charge in [0.05, 0.1) is 11.8 Å². The van der Waals surface area contributed by atoms with E-state index in [2.05, 4.69) is 16.6 Å². The minimum atomic E-state index is -2.37. The van der Waals surface area contributed by atoms with Gasteiger partial charge in [-0.15, -0.1) is 6.58 Å². The topological polar surface area (TPSA) is 47.9 Å². The van der Waals surface area contributed by atoms with Gasteiger partial charge in [-0.25, -0.2) is 26.7 Å². The summed E-state index contributed by atoms with van der Waals surface area (Å²) in [6.45, 7) is 3.59. The van der Waals surface area contributed by atoms with E-state index in [9.17, 15) is 26.7 Å². The Bertz CT molecular complexity index is 918. The second kappa shape index (κ2) is 10.6. The van der Waals surface area contributed by atoms with Crippen molar-refractivity contribution in [2.75, 3.05) is 7.11 Å². The molecule has 4 nitrogen and oxygen atoms in total. The summed E-state index contributed by atoms with van der Waals surface area (Å²) in [5, 5.41) is 3.58. The van der Waals surface area contributed by atoms with Crippen molar-refractivity contribution in [3.8, 4) is 0 Å². The minimum Gasteiger partial charge on any atom is -0.377 e. The van der Waals surface area contributed by atoms with E-state index in [1.807, 2.05) is 30.3 Å². The number of aryl methyl sites for hydroxylation is 1. The number of halogens is 5. The summed E-state index contributed by atoms with van der Waals surface area (Å²) in [5.41, 5.74) is -0.503. The molecular formula is C21H18F5NO3. The van der Waals surface area contributed by atoms with Crippen molar-refractivity contribution in [3.05, 3.63) is 83.2 Å². The van der Waals surface area contributed by atoms with Crippen LogP contribution in [0.25, 0.3) is 0 Å². The molecule has 2 aromatic carbocycles. The number of carbonyl (C=O) groups is 1. The van der Waals surface area contributed by atoms with Gasteiger partial charge in [-0.1, -0.05) is 41.6 Å². The summed E-state index contributed by atoms with van der Waals surface area (Å²) in [6, 6.07) is 9.22. The molecule has 0 aliphatic heterocycles. The molecule has 0 fully saturated rings. The Kier molecular flexibility index (Phi) is 8.23. The molecule has 30 heavy (non-hydrogen) atoms. The van der Waals surface area contributed by atoms with Crippen LogP contribution in [0.2, 0.25) is 0 Å².